The summed E-state index contributed by atoms with van der Waals surface area (Å²) in [5.74, 6) is 0. The number of pyridine rings is 2. The molecular weight excluding hydrogens is 182 g/mol. The molecule has 0 atom stereocenters. The van der Waals surface area contributed by atoms with Gasteiger partial charge in [-0.1, -0.05) is 12.2 Å². The number of hydrogen-bond donors (Lipinski definition) is 2. The number of aromatic amines is 1. The highest BCUT2D eigenvalue weighted by Gasteiger charge is 1.99. The minimum absolute atomic E-state index is 0.713. The Morgan fingerprint density at radius 1 is 1.54 bits per heavy atom. The number of hydrogen-bond acceptors (Lipinski definition) is 3. The standard InChI is InChI=1S/C9H9N3S/c1-10-7-5-8(13)12-6-3-2-4-11-9(6)7/h2-5H,1H3,(H2,10,12,13). The summed E-state index contributed by atoms with van der Waals surface area (Å²) in [7, 11) is 1.86. The normalized spacial score (nSPS) is 10.2. The Morgan fingerprint density at radius 2 is 2.38 bits per heavy atom. The van der Waals surface area contributed by atoms with E-state index in [1.54, 1.807) is 6.20 Å². The number of H-pyrrole nitrogens is 1. The summed E-state index contributed by atoms with van der Waals surface area (Å²) < 4.78 is 0.713. The van der Waals surface area contributed by atoms with Crippen molar-refractivity contribution in [2.24, 2.45) is 0 Å². The number of fused-ring (bicyclic) bond motifs is 1. The first-order valence-corrected chi connectivity index (χ1v) is 4.38. The molecule has 13 heavy (non-hydrogen) atoms. The van der Waals surface area contributed by atoms with Crippen LogP contribution in [0.2, 0.25) is 0 Å². The molecule has 2 aromatic heterocycles. The highest BCUT2D eigenvalue weighted by Crippen LogP contribution is 2.18. The van der Waals surface area contributed by atoms with Gasteiger partial charge in [0.15, 0.2) is 0 Å². The van der Waals surface area contributed by atoms with Gasteiger partial charge in [-0.15, -0.1) is 0 Å². The molecule has 2 rings (SSSR count). The van der Waals surface area contributed by atoms with Crippen molar-refractivity contribution >= 4 is 28.9 Å². The van der Waals surface area contributed by atoms with Crippen LogP contribution in [0.4, 0.5) is 5.69 Å². The van der Waals surface area contributed by atoms with Gasteiger partial charge in [0.05, 0.1) is 11.2 Å². The number of nitrogens with one attached hydrogen (secondary N) is 2. The van der Waals surface area contributed by atoms with Crippen LogP contribution in [0.15, 0.2) is 24.4 Å². The Kier molecular flexibility index (Phi) is 1.98. The lowest BCUT2D eigenvalue weighted by Gasteiger charge is -2.03. The van der Waals surface area contributed by atoms with Crippen LogP contribution in [-0.4, -0.2) is 17.0 Å². The Morgan fingerprint density at radius 3 is 3.15 bits per heavy atom. The zero-order valence-electron chi connectivity index (χ0n) is 7.16. The average Bonchev–Trinajstić information content (AvgIpc) is 2.16. The first-order valence-electron chi connectivity index (χ1n) is 3.97. The Bertz CT molecular complexity index is 489. The smallest absolute Gasteiger partial charge is 0.110 e. The third-order valence-electron chi connectivity index (χ3n) is 1.87. The fourth-order valence-corrected chi connectivity index (χ4v) is 1.51. The van der Waals surface area contributed by atoms with Crippen LogP contribution in [-0.2, 0) is 0 Å². The molecule has 0 spiro atoms. The maximum absolute atomic E-state index is 5.07. The van der Waals surface area contributed by atoms with Crippen molar-refractivity contribution in [3.63, 3.8) is 0 Å². The van der Waals surface area contributed by atoms with E-state index in [1.807, 2.05) is 25.2 Å². The highest BCUT2D eigenvalue weighted by atomic mass is 32.1. The van der Waals surface area contributed by atoms with E-state index < -0.39 is 0 Å². The Hall–Kier alpha value is -1.42. The zero-order valence-corrected chi connectivity index (χ0v) is 7.98. The van der Waals surface area contributed by atoms with E-state index in [2.05, 4.69) is 15.3 Å². The van der Waals surface area contributed by atoms with Crippen molar-refractivity contribution in [2.75, 3.05) is 12.4 Å². The maximum Gasteiger partial charge on any atom is 0.110 e. The van der Waals surface area contributed by atoms with E-state index in [-0.39, 0.29) is 0 Å². The van der Waals surface area contributed by atoms with E-state index in [0.717, 1.165) is 16.7 Å². The van der Waals surface area contributed by atoms with Crippen LogP contribution in [0.5, 0.6) is 0 Å². The van der Waals surface area contributed by atoms with Gasteiger partial charge >= 0.3 is 0 Å². The fraction of sp³-hybridized carbons (Fsp3) is 0.111. The third-order valence-corrected chi connectivity index (χ3v) is 2.09. The van der Waals surface area contributed by atoms with Gasteiger partial charge in [0.2, 0.25) is 0 Å². The lowest BCUT2D eigenvalue weighted by molar-refractivity contribution is 1.31. The van der Waals surface area contributed by atoms with Gasteiger partial charge < -0.3 is 10.3 Å². The van der Waals surface area contributed by atoms with Crippen LogP contribution in [0.25, 0.3) is 11.0 Å². The molecule has 0 aromatic carbocycles. The van der Waals surface area contributed by atoms with Gasteiger partial charge in [-0.2, -0.15) is 0 Å². The number of nitrogens with zero attached hydrogens (tertiary/aromatic N) is 1. The fourth-order valence-electron chi connectivity index (χ4n) is 1.28. The molecule has 0 aliphatic rings. The summed E-state index contributed by atoms with van der Waals surface area (Å²) in [5.41, 5.74) is 2.83. The van der Waals surface area contributed by atoms with E-state index in [9.17, 15) is 0 Å². The summed E-state index contributed by atoms with van der Waals surface area (Å²) in [4.78, 5) is 7.33. The molecular formula is C9H9N3S. The minimum atomic E-state index is 0.713. The van der Waals surface area contributed by atoms with Crippen LogP contribution < -0.4 is 5.32 Å². The van der Waals surface area contributed by atoms with Gasteiger partial charge in [0.25, 0.3) is 0 Å². The van der Waals surface area contributed by atoms with Gasteiger partial charge in [0.1, 0.15) is 10.2 Å². The molecule has 2 heterocycles. The van der Waals surface area contributed by atoms with Crippen LogP contribution >= 0.6 is 12.2 Å². The van der Waals surface area contributed by atoms with E-state index in [1.165, 1.54) is 0 Å². The lowest BCUT2D eigenvalue weighted by Crippen LogP contribution is -1.93. The SMILES string of the molecule is CNc1cc(=S)[nH]c2cccnc12. The molecule has 0 aliphatic carbocycles. The van der Waals surface area contributed by atoms with Crippen LogP contribution in [0.1, 0.15) is 0 Å². The predicted octanol–water partition coefficient (Wildman–Crippen LogP) is 2.33. The molecule has 0 amide bonds. The lowest BCUT2D eigenvalue weighted by atomic mass is 10.3. The predicted molar refractivity (Wildman–Crippen MR) is 56.5 cm³/mol. The van der Waals surface area contributed by atoms with E-state index in [0.29, 0.717) is 4.64 Å². The number of anilines is 1. The monoisotopic (exact) mass is 191 g/mol. The Balaban J connectivity index is 2.89. The molecule has 2 N–H and O–H groups in total. The van der Waals surface area contributed by atoms with Gasteiger partial charge in [-0.05, 0) is 18.2 Å². The van der Waals surface area contributed by atoms with Crippen molar-refractivity contribution in [1.82, 2.24) is 9.97 Å². The van der Waals surface area contributed by atoms with Crippen molar-refractivity contribution in [2.45, 2.75) is 0 Å². The quantitative estimate of drug-likeness (QED) is 0.680. The Labute approximate surface area is 80.8 Å². The van der Waals surface area contributed by atoms with Gasteiger partial charge in [-0.25, -0.2) is 0 Å². The highest BCUT2D eigenvalue weighted by molar-refractivity contribution is 7.71. The second-order valence-electron chi connectivity index (χ2n) is 2.70. The molecule has 66 valence electrons. The van der Waals surface area contributed by atoms with Crippen molar-refractivity contribution in [3.8, 4) is 0 Å². The molecule has 0 fully saturated rings. The summed E-state index contributed by atoms with van der Waals surface area (Å²) in [6.45, 7) is 0. The first-order chi connectivity index (χ1) is 6.31. The second kappa shape index (κ2) is 3.14. The third kappa shape index (κ3) is 1.40. The molecule has 0 saturated carbocycles. The molecule has 0 bridgehead atoms. The van der Waals surface area contributed by atoms with Crippen molar-refractivity contribution < 1.29 is 0 Å². The van der Waals surface area contributed by atoms with Gasteiger partial charge in [-0.3, -0.25) is 4.98 Å². The number of rotatable bonds is 1. The van der Waals surface area contributed by atoms with Crippen molar-refractivity contribution in [3.05, 3.63) is 29.0 Å². The van der Waals surface area contributed by atoms with E-state index in [4.69, 9.17) is 12.2 Å². The largest absolute Gasteiger partial charge is 0.386 e. The number of aromatic nitrogens is 2. The van der Waals surface area contributed by atoms with Crippen LogP contribution in [0, 0.1) is 4.64 Å². The van der Waals surface area contributed by atoms with Gasteiger partial charge in [0, 0.05) is 13.2 Å². The van der Waals surface area contributed by atoms with E-state index >= 15 is 0 Å². The minimum Gasteiger partial charge on any atom is -0.386 e. The zero-order chi connectivity index (χ0) is 9.26. The average molecular weight is 191 g/mol. The maximum atomic E-state index is 5.07. The first kappa shape index (κ1) is 8.19. The summed E-state index contributed by atoms with van der Waals surface area (Å²) in [6.07, 6.45) is 1.76. The molecule has 0 radical (unpaired) electrons. The molecule has 3 nitrogen and oxygen atoms in total. The summed E-state index contributed by atoms with van der Waals surface area (Å²) >= 11 is 5.07. The molecule has 0 aliphatic heterocycles. The molecule has 4 heteroatoms. The van der Waals surface area contributed by atoms with Crippen molar-refractivity contribution in [1.29, 1.82) is 0 Å². The molecule has 0 unspecified atom stereocenters. The van der Waals surface area contributed by atoms with Crippen LogP contribution in [0.3, 0.4) is 0 Å². The second-order valence-corrected chi connectivity index (χ2v) is 3.14. The summed E-state index contributed by atoms with van der Waals surface area (Å²) in [6, 6.07) is 5.71. The summed E-state index contributed by atoms with van der Waals surface area (Å²) in [5, 5.41) is 3.06. The topological polar surface area (TPSA) is 40.7 Å². The molecule has 0 saturated heterocycles. The molecule has 2 aromatic rings.